The van der Waals surface area contributed by atoms with Crippen LogP contribution in [0.15, 0.2) is 24.3 Å². The Balaban J connectivity index is 2.71. The zero-order valence-electron chi connectivity index (χ0n) is 10.9. The van der Waals surface area contributed by atoms with E-state index in [-0.39, 0.29) is 0 Å². The first kappa shape index (κ1) is 13.6. The van der Waals surface area contributed by atoms with Crippen LogP contribution < -0.4 is 4.74 Å². The van der Waals surface area contributed by atoms with Gasteiger partial charge in [0.25, 0.3) is 0 Å². The van der Waals surface area contributed by atoms with E-state index in [2.05, 4.69) is 4.98 Å². The van der Waals surface area contributed by atoms with E-state index in [1.54, 1.807) is 45.2 Å². The number of aliphatic carboxylic acids is 1. The van der Waals surface area contributed by atoms with Gasteiger partial charge in [0.05, 0.1) is 23.3 Å². The molecule has 0 bridgehead atoms. The summed E-state index contributed by atoms with van der Waals surface area (Å²) < 4.78 is 5.24. The number of pyridine rings is 1. The summed E-state index contributed by atoms with van der Waals surface area (Å²) >= 11 is 6.12. The Labute approximate surface area is 116 Å². The minimum Gasteiger partial charge on any atom is -0.496 e. The molecule has 1 aromatic carbocycles. The lowest BCUT2D eigenvalue weighted by Gasteiger charge is -2.19. The van der Waals surface area contributed by atoms with Gasteiger partial charge < -0.3 is 9.84 Å². The Hall–Kier alpha value is -1.81. The topological polar surface area (TPSA) is 59.4 Å². The summed E-state index contributed by atoms with van der Waals surface area (Å²) in [5, 5.41) is 10.5. The Morgan fingerprint density at radius 3 is 2.58 bits per heavy atom. The van der Waals surface area contributed by atoms with Crippen molar-refractivity contribution in [1.82, 2.24) is 4.98 Å². The maximum Gasteiger partial charge on any atom is 0.315 e. The third kappa shape index (κ3) is 2.24. The van der Waals surface area contributed by atoms with Crippen molar-refractivity contribution in [1.29, 1.82) is 0 Å². The molecule has 0 aliphatic rings. The van der Waals surface area contributed by atoms with Gasteiger partial charge in [0.1, 0.15) is 11.2 Å². The fourth-order valence-electron chi connectivity index (χ4n) is 1.79. The highest BCUT2D eigenvalue weighted by molar-refractivity contribution is 6.35. The molecule has 0 radical (unpaired) electrons. The second kappa shape index (κ2) is 4.70. The first-order chi connectivity index (χ1) is 8.87. The zero-order valence-corrected chi connectivity index (χ0v) is 11.7. The van der Waals surface area contributed by atoms with E-state index in [9.17, 15) is 9.90 Å². The van der Waals surface area contributed by atoms with Crippen molar-refractivity contribution in [3.8, 4) is 5.75 Å². The molecule has 19 heavy (non-hydrogen) atoms. The molecule has 0 amide bonds. The lowest BCUT2D eigenvalue weighted by Crippen LogP contribution is -2.29. The maximum atomic E-state index is 11.3. The highest BCUT2D eigenvalue weighted by Gasteiger charge is 2.31. The van der Waals surface area contributed by atoms with Crippen LogP contribution in [-0.2, 0) is 10.2 Å². The van der Waals surface area contributed by atoms with Crippen molar-refractivity contribution in [2.45, 2.75) is 19.3 Å². The summed E-state index contributed by atoms with van der Waals surface area (Å²) in [4.78, 5) is 15.7. The van der Waals surface area contributed by atoms with Crippen LogP contribution in [-0.4, -0.2) is 23.2 Å². The summed E-state index contributed by atoms with van der Waals surface area (Å²) in [6.45, 7) is 3.22. The Morgan fingerprint density at radius 1 is 1.32 bits per heavy atom. The molecule has 4 nitrogen and oxygen atoms in total. The van der Waals surface area contributed by atoms with Crippen molar-refractivity contribution in [3.05, 3.63) is 35.0 Å². The minimum absolute atomic E-state index is 0.461. The van der Waals surface area contributed by atoms with Gasteiger partial charge in [0.15, 0.2) is 0 Å². The maximum absolute atomic E-state index is 11.3. The second-order valence-corrected chi connectivity index (χ2v) is 5.18. The molecular formula is C14H14ClNO3. The summed E-state index contributed by atoms with van der Waals surface area (Å²) in [6, 6.07) is 6.92. The van der Waals surface area contributed by atoms with Crippen LogP contribution in [0.4, 0.5) is 0 Å². The number of rotatable bonds is 3. The predicted octanol–water partition coefficient (Wildman–Crippen LogP) is 3.26. The second-order valence-electron chi connectivity index (χ2n) is 4.77. The Kier molecular flexibility index (Phi) is 3.37. The molecule has 1 N–H and O–H groups in total. The van der Waals surface area contributed by atoms with Gasteiger partial charge in [-0.3, -0.25) is 4.79 Å². The molecule has 1 aromatic heterocycles. The standard InChI is InChI=1S/C14H14ClNO3/c1-14(2,13(17)18)11-7-4-8-10(19-3)6-5-9(15)12(8)16-11/h4-7H,1-3H3,(H,17,18). The number of carboxylic acids is 1. The largest absolute Gasteiger partial charge is 0.496 e. The van der Waals surface area contributed by atoms with Gasteiger partial charge in [-0.25, -0.2) is 4.98 Å². The van der Waals surface area contributed by atoms with E-state index >= 15 is 0 Å². The Morgan fingerprint density at radius 2 is 2.00 bits per heavy atom. The van der Waals surface area contributed by atoms with Crippen LogP contribution in [0.3, 0.4) is 0 Å². The monoisotopic (exact) mass is 279 g/mol. The molecular weight excluding hydrogens is 266 g/mol. The van der Waals surface area contributed by atoms with Gasteiger partial charge >= 0.3 is 5.97 Å². The zero-order chi connectivity index (χ0) is 14.2. The third-order valence-corrected chi connectivity index (χ3v) is 3.47. The highest BCUT2D eigenvalue weighted by Crippen LogP contribution is 2.32. The highest BCUT2D eigenvalue weighted by atomic mass is 35.5. The van der Waals surface area contributed by atoms with Gasteiger partial charge in [0, 0.05) is 5.39 Å². The van der Waals surface area contributed by atoms with Crippen molar-refractivity contribution < 1.29 is 14.6 Å². The van der Waals surface area contributed by atoms with Gasteiger partial charge in [-0.05, 0) is 38.1 Å². The van der Waals surface area contributed by atoms with Crippen molar-refractivity contribution in [3.63, 3.8) is 0 Å². The number of halogens is 1. The molecule has 2 rings (SSSR count). The van der Waals surface area contributed by atoms with Crippen molar-refractivity contribution in [2.24, 2.45) is 0 Å². The average molecular weight is 280 g/mol. The molecule has 2 aromatic rings. The van der Waals surface area contributed by atoms with E-state index in [0.717, 1.165) is 5.39 Å². The first-order valence-electron chi connectivity index (χ1n) is 5.75. The van der Waals surface area contributed by atoms with E-state index in [1.807, 2.05) is 0 Å². The van der Waals surface area contributed by atoms with E-state index in [0.29, 0.717) is 22.0 Å². The van der Waals surface area contributed by atoms with Crippen LogP contribution in [0.5, 0.6) is 5.75 Å². The number of benzene rings is 1. The SMILES string of the molecule is COc1ccc(Cl)c2nc(C(C)(C)C(=O)O)ccc12. The minimum atomic E-state index is -1.07. The lowest BCUT2D eigenvalue weighted by atomic mass is 9.88. The molecule has 5 heteroatoms. The number of hydrogen-bond donors (Lipinski definition) is 1. The molecule has 0 saturated heterocycles. The molecule has 0 saturated carbocycles. The van der Waals surface area contributed by atoms with Crippen LogP contribution in [0.2, 0.25) is 5.02 Å². The first-order valence-corrected chi connectivity index (χ1v) is 6.13. The predicted molar refractivity (Wildman–Crippen MR) is 74.0 cm³/mol. The quantitative estimate of drug-likeness (QED) is 0.937. The van der Waals surface area contributed by atoms with Crippen molar-refractivity contribution in [2.75, 3.05) is 7.11 Å². The summed E-state index contributed by atoms with van der Waals surface area (Å²) in [5.41, 5.74) is -0.0591. The number of hydrogen-bond acceptors (Lipinski definition) is 3. The van der Waals surface area contributed by atoms with E-state index in [1.165, 1.54) is 0 Å². The number of carboxylic acid groups (broad SMARTS) is 1. The molecule has 100 valence electrons. The normalized spacial score (nSPS) is 11.6. The molecule has 0 aliphatic heterocycles. The lowest BCUT2D eigenvalue weighted by molar-refractivity contribution is -0.142. The molecule has 0 spiro atoms. The van der Waals surface area contributed by atoms with Crippen LogP contribution >= 0.6 is 11.6 Å². The van der Waals surface area contributed by atoms with Crippen molar-refractivity contribution >= 4 is 28.5 Å². The molecule has 1 heterocycles. The van der Waals surface area contributed by atoms with Gasteiger partial charge in [-0.1, -0.05) is 11.6 Å². The number of aromatic nitrogens is 1. The van der Waals surface area contributed by atoms with Gasteiger partial charge in [-0.2, -0.15) is 0 Å². The number of methoxy groups -OCH3 is 1. The van der Waals surface area contributed by atoms with Crippen LogP contribution in [0, 0.1) is 0 Å². The number of ether oxygens (including phenoxy) is 1. The average Bonchev–Trinajstić information content (AvgIpc) is 2.38. The molecule has 0 atom stereocenters. The van der Waals surface area contributed by atoms with E-state index < -0.39 is 11.4 Å². The fraction of sp³-hybridized carbons (Fsp3) is 0.286. The fourth-order valence-corrected chi connectivity index (χ4v) is 2.00. The smallest absolute Gasteiger partial charge is 0.315 e. The Bertz CT molecular complexity index is 652. The number of carbonyl (C=O) groups is 1. The number of nitrogens with zero attached hydrogens (tertiary/aromatic N) is 1. The van der Waals surface area contributed by atoms with Gasteiger partial charge in [0.2, 0.25) is 0 Å². The molecule has 0 fully saturated rings. The molecule has 0 aliphatic carbocycles. The van der Waals surface area contributed by atoms with E-state index in [4.69, 9.17) is 16.3 Å². The van der Waals surface area contributed by atoms with Gasteiger partial charge in [-0.15, -0.1) is 0 Å². The summed E-state index contributed by atoms with van der Waals surface area (Å²) in [5.74, 6) is -0.273. The van der Waals surface area contributed by atoms with Crippen LogP contribution in [0.1, 0.15) is 19.5 Å². The van der Waals surface area contributed by atoms with Crippen LogP contribution in [0.25, 0.3) is 10.9 Å². The summed E-state index contributed by atoms with van der Waals surface area (Å²) in [6.07, 6.45) is 0. The third-order valence-electron chi connectivity index (χ3n) is 3.16. The number of fused-ring (bicyclic) bond motifs is 1. The molecule has 0 unspecified atom stereocenters. The summed E-state index contributed by atoms with van der Waals surface area (Å²) in [7, 11) is 1.57.